The average Bonchev–Trinajstić information content (AvgIpc) is 2.88. The second-order valence-corrected chi connectivity index (χ2v) is 5.63. The number of hydrogen-bond donors (Lipinski definition) is 1. The normalized spacial score (nSPS) is 15.7. The fraction of sp³-hybridized carbons (Fsp3) is 0.500. The first kappa shape index (κ1) is 13.9. The second-order valence-electron chi connectivity index (χ2n) is 4.85. The SMILES string of the molecule is CSc1nc(N2CCN(C(N)=O)CC2)c2cnn(C)c2n1. The third-order valence-electron chi connectivity index (χ3n) is 3.62. The van der Waals surface area contributed by atoms with Crippen molar-refractivity contribution in [3.8, 4) is 0 Å². The molecule has 0 unspecified atom stereocenters. The van der Waals surface area contributed by atoms with Crippen molar-refractivity contribution in [3.63, 3.8) is 0 Å². The molecule has 2 amide bonds. The van der Waals surface area contributed by atoms with E-state index in [0.29, 0.717) is 26.2 Å². The topological polar surface area (TPSA) is 93.2 Å². The zero-order chi connectivity index (χ0) is 15.0. The minimum atomic E-state index is -0.367. The number of primary amides is 1. The van der Waals surface area contributed by atoms with Crippen LogP contribution in [0.15, 0.2) is 11.4 Å². The maximum absolute atomic E-state index is 11.2. The third kappa shape index (κ3) is 2.48. The molecule has 0 radical (unpaired) electrons. The van der Waals surface area contributed by atoms with Crippen LogP contribution in [0.3, 0.4) is 0 Å². The van der Waals surface area contributed by atoms with E-state index in [2.05, 4.69) is 20.0 Å². The van der Waals surface area contributed by atoms with Gasteiger partial charge in [-0.05, 0) is 6.26 Å². The fourth-order valence-corrected chi connectivity index (χ4v) is 2.81. The number of piperazine rings is 1. The van der Waals surface area contributed by atoms with Crippen molar-refractivity contribution in [2.75, 3.05) is 37.3 Å². The standard InChI is InChI=1S/C12H17N7OS/c1-17-9-8(7-14-17)10(16-12(15-9)21-2)18-3-5-19(6-4-18)11(13)20/h7H,3-6H2,1-2H3,(H2,13,20). The van der Waals surface area contributed by atoms with Crippen molar-refractivity contribution in [1.82, 2.24) is 24.6 Å². The molecular formula is C12H17N7OS. The molecule has 112 valence electrons. The number of aryl methyl sites for hydroxylation is 1. The van der Waals surface area contributed by atoms with Crippen molar-refractivity contribution < 1.29 is 4.79 Å². The number of nitrogens with two attached hydrogens (primary N) is 1. The maximum atomic E-state index is 11.2. The van der Waals surface area contributed by atoms with Crippen LogP contribution in [-0.4, -0.2) is 63.1 Å². The van der Waals surface area contributed by atoms with Gasteiger partial charge in [0, 0.05) is 33.2 Å². The van der Waals surface area contributed by atoms with E-state index in [4.69, 9.17) is 5.73 Å². The van der Waals surface area contributed by atoms with Crippen molar-refractivity contribution in [1.29, 1.82) is 0 Å². The molecule has 3 heterocycles. The van der Waals surface area contributed by atoms with Gasteiger partial charge in [0.05, 0.1) is 11.6 Å². The van der Waals surface area contributed by atoms with Crippen LogP contribution in [0.25, 0.3) is 11.0 Å². The van der Waals surface area contributed by atoms with Gasteiger partial charge in [-0.2, -0.15) is 5.10 Å². The van der Waals surface area contributed by atoms with Crippen molar-refractivity contribution in [3.05, 3.63) is 6.20 Å². The Labute approximate surface area is 126 Å². The van der Waals surface area contributed by atoms with Crippen LogP contribution in [0.5, 0.6) is 0 Å². The molecule has 8 nitrogen and oxygen atoms in total. The molecule has 3 rings (SSSR count). The van der Waals surface area contributed by atoms with Crippen molar-refractivity contribution in [2.24, 2.45) is 12.8 Å². The fourth-order valence-electron chi connectivity index (χ4n) is 2.46. The van der Waals surface area contributed by atoms with Crippen LogP contribution in [0.2, 0.25) is 0 Å². The summed E-state index contributed by atoms with van der Waals surface area (Å²) in [5.74, 6) is 0.876. The van der Waals surface area contributed by atoms with Gasteiger partial charge in [0.25, 0.3) is 0 Å². The predicted molar refractivity (Wildman–Crippen MR) is 81.5 cm³/mol. The van der Waals surface area contributed by atoms with Gasteiger partial charge in [-0.1, -0.05) is 11.8 Å². The lowest BCUT2D eigenvalue weighted by atomic mass is 10.3. The summed E-state index contributed by atoms with van der Waals surface area (Å²) in [6.45, 7) is 2.63. The molecule has 9 heteroatoms. The van der Waals surface area contributed by atoms with Crippen LogP contribution in [0, 0.1) is 0 Å². The van der Waals surface area contributed by atoms with E-state index in [9.17, 15) is 4.79 Å². The molecule has 1 aliphatic rings. The largest absolute Gasteiger partial charge is 0.352 e. The number of urea groups is 1. The molecule has 21 heavy (non-hydrogen) atoms. The smallest absolute Gasteiger partial charge is 0.314 e. The summed E-state index contributed by atoms with van der Waals surface area (Å²) >= 11 is 1.50. The maximum Gasteiger partial charge on any atom is 0.314 e. The van der Waals surface area contributed by atoms with E-state index in [-0.39, 0.29) is 6.03 Å². The summed E-state index contributed by atoms with van der Waals surface area (Å²) in [6.07, 6.45) is 3.74. The van der Waals surface area contributed by atoms with E-state index in [1.54, 1.807) is 15.8 Å². The van der Waals surface area contributed by atoms with Gasteiger partial charge >= 0.3 is 6.03 Å². The van der Waals surface area contributed by atoms with Crippen molar-refractivity contribution >= 4 is 34.6 Å². The van der Waals surface area contributed by atoms with Crippen LogP contribution < -0.4 is 10.6 Å². The van der Waals surface area contributed by atoms with Gasteiger partial charge in [-0.25, -0.2) is 14.8 Å². The molecule has 1 fully saturated rings. The monoisotopic (exact) mass is 307 g/mol. The molecule has 0 atom stereocenters. The first-order valence-corrected chi connectivity index (χ1v) is 7.85. The second kappa shape index (κ2) is 5.40. The number of hydrogen-bond acceptors (Lipinski definition) is 6. The van der Waals surface area contributed by atoms with E-state index in [1.165, 1.54) is 11.8 Å². The Kier molecular flexibility index (Phi) is 3.58. The molecule has 0 aliphatic carbocycles. The highest BCUT2D eigenvalue weighted by Crippen LogP contribution is 2.26. The Hall–Kier alpha value is -2.03. The molecule has 0 bridgehead atoms. The molecule has 0 saturated carbocycles. The molecular weight excluding hydrogens is 290 g/mol. The highest BCUT2D eigenvalue weighted by Gasteiger charge is 2.23. The first-order valence-electron chi connectivity index (χ1n) is 6.63. The molecule has 0 aromatic carbocycles. The number of nitrogens with zero attached hydrogens (tertiary/aromatic N) is 6. The summed E-state index contributed by atoms with van der Waals surface area (Å²) in [7, 11) is 1.87. The van der Waals surface area contributed by atoms with Gasteiger partial charge < -0.3 is 15.5 Å². The Morgan fingerprint density at radius 1 is 1.29 bits per heavy atom. The molecule has 0 spiro atoms. The molecule has 2 N–H and O–H groups in total. The van der Waals surface area contributed by atoms with Crippen LogP contribution >= 0.6 is 11.8 Å². The highest BCUT2D eigenvalue weighted by atomic mass is 32.2. The van der Waals surface area contributed by atoms with Gasteiger partial charge in [-0.3, -0.25) is 4.68 Å². The Morgan fingerprint density at radius 2 is 2.00 bits per heavy atom. The zero-order valence-electron chi connectivity index (χ0n) is 12.0. The van der Waals surface area contributed by atoms with Gasteiger partial charge in [0.15, 0.2) is 10.8 Å². The van der Waals surface area contributed by atoms with Crippen LogP contribution in [0.4, 0.5) is 10.6 Å². The third-order valence-corrected chi connectivity index (χ3v) is 4.17. The minimum absolute atomic E-state index is 0.367. The van der Waals surface area contributed by atoms with E-state index in [0.717, 1.165) is 22.0 Å². The Bertz CT molecular complexity index is 678. The van der Waals surface area contributed by atoms with E-state index in [1.807, 2.05) is 13.3 Å². The van der Waals surface area contributed by atoms with E-state index < -0.39 is 0 Å². The lowest BCUT2D eigenvalue weighted by molar-refractivity contribution is 0.204. The van der Waals surface area contributed by atoms with Gasteiger partial charge in [0.2, 0.25) is 0 Å². The number of anilines is 1. The summed E-state index contributed by atoms with van der Waals surface area (Å²) < 4.78 is 1.75. The first-order chi connectivity index (χ1) is 10.1. The number of carbonyl (C=O) groups excluding carboxylic acids is 1. The highest BCUT2D eigenvalue weighted by molar-refractivity contribution is 7.98. The molecule has 1 saturated heterocycles. The number of thioether (sulfide) groups is 1. The lowest BCUT2D eigenvalue weighted by Crippen LogP contribution is -2.50. The van der Waals surface area contributed by atoms with Crippen LogP contribution in [0.1, 0.15) is 0 Å². The predicted octanol–water partition coefficient (Wildman–Crippen LogP) is 0.286. The van der Waals surface area contributed by atoms with Crippen LogP contribution in [-0.2, 0) is 7.05 Å². The van der Waals surface area contributed by atoms with Gasteiger partial charge in [0.1, 0.15) is 5.82 Å². The summed E-state index contributed by atoms with van der Waals surface area (Å²) in [5, 5.41) is 5.92. The molecule has 1 aliphatic heterocycles. The summed E-state index contributed by atoms with van der Waals surface area (Å²) in [6, 6.07) is -0.367. The van der Waals surface area contributed by atoms with Gasteiger partial charge in [-0.15, -0.1) is 0 Å². The number of fused-ring (bicyclic) bond motifs is 1. The quantitative estimate of drug-likeness (QED) is 0.633. The Balaban J connectivity index is 1.95. The Morgan fingerprint density at radius 3 is 2.62 bits per heavy atom. The summed E-state index contributed by atoms with van der Waals surface area (Å²) in [4.78, 5) is 24.1. The number of carbonyl (C=O) groups is 1. The minimum Gasteiger partial charge on any atom is -0.352 e. The molecule has 2 aromatic heterocycles. The summed E-state index contributed by atoms with van der Waals surface area (Å²) in [5.41, 5.74) is 6.14. The molecule has 2 aromatic rings. The zero-order valence-corrected chi connectivity index (χ0v) is 12.8. The number of aromatic nitrogens is 4. The van der Waals surface area contributed by atoms with E-state index >= 15 is 0 Å². The average molecular weight is 307 g/mol. The lowest BCUT2D eigenvalue weighted by Gasteiger charge is -2.34. The van der Waals surface area contributed by atoms with Crippen molar-refractivity contribution in [2.45, 2.75) is 5.16 Å². The number of rotatable bonds is 2. The number of amides is 2.